The molecule has 3 rings (SSSR count). The van der Waals surface area contributed by atoms with Gasteiger partial charge in [0.1, 0.15) is 0 Å². The van der Waals surface area contributed by atoms with Gasteiger partial charge in [-0.3, -0.25) is 0 Å². The lowest BCUT2D eigenvalue weighted by Gasteiger charge is -2.18. The fourth-order valence-corrected chi connectivity index (χ4v) is 3.52. The molecular formula is C24H24ClN3OS. The molecule has 0 aliphatic carbocycles. The lowest BCUT2D eigenvalue weighted by Crippen LogP contribution is -2.40. The Morgan fingerprint density at radius 2 is 1.67 bits per heavy atom. The van der Waals surface area contributed by atoms with Crippen LogP contribution in [-0.2, 0) is 0 Å². The molecule has 30 heavy (non-hydrogen) atoms. The van der Waals surface area contributed by atoms with Crippen LogP contribution in [0.2, 0.25) is 5.02 Å². The molecule has 2 aromatic carbocycles. The van der Waals surface area contributed by atoms with Crippen LogP contribution in [0, 0.1) is 13.8 Å². The summed E-state index contributed by atoms with van der Waals surface area (Å²) >= 11 is 12.0. The molecule has 6 heteroatoms. The van der Waals surface area contributed by atoms with Crippen molar-refractivity contribution < 1.29 is 9.67 Å². The Balaban J connectivity index is 2.09. The van der Waals surface area contributed by atoms with Crippen LogP contribution >= 0.6 is 23.8 Å². The van der Waals surface area contributed by atoms with Gasteiger partial charge in [0.2, 0.25) is 5.70 Å². The first-order valence-electron chi connectivity index (χ1n) is 9.51. The van der Waals surface area contributed by atoms with E-state index in [1.54, 1.807) is 28.8 Å². The minimum atomic E-state index is -0.246. The van der Waals surface area contributed by atoms with Gasteiger partial charge in [0.25, 0.3) is 0 Å². The fourth-order valence-electron chi connectivity index (χ4n) is 2.99. The molecule has 0 aliphatic heterocycles. The highest BCUT2D eigenvalue weighted by Gasteiger charge is 2.20. The lowest BCUT2D eigenvalue weighted by atomic mass is 10.1. The normalized spacial score (nSPS) is 11.6. The van der Waals surface area contributed by atoms with Crippen LogP contribution in [0.4, 0.5) is 11.4 Å². The Labute approximate surface area is 188 Å². The summed E-state index contributed by atoms with van der Waals surface area (Å²) in [4.78, 5) is 2.32. The standard InChI is InChI=1S/C24H24ClN3OS/c1-16-9-10-18(15-17(16)2)26-24(30)22(23(29)20-7-5-6-8-21(20)25)28-13-11-19(12-14-28)27(3)4/h5-15H,1-4H3,(H-,26,29,30). The Bertz CT molecular complexity index is 1110. The number of pyridine rings is 1. The lowest BCUT2D eigenvalue weighted by molar-refractivity contribution is -0.577. The monoisotopic (exact) mass is 437 g/mol. The molecule has 0 fully saturated rings. The maximum atomic E-state index is 13.5. The highest BCUT2D eigenvalue weighted by Crippen LogP contribution is 2.24. The molecule has 154 valence electrons. The van der Waals surface area contributed by atoms with Gasteiger partial charge in [-0.05, 0) is 54.5 Å². The summed E-state index contributed by atoms with van der Waals surface area (Å²) in [6.45, 7) is 4.09. The van der Waals surface area contributed by atoms with Crippen molar-refractivity contribution in [3.8, 4) is 0 Å². The molecule has 4 nitrogen and oxygen atoms in total. The third kappa shape index (κ3) is 4.81. The van der Waals surface area contributed by atoms with Crippen molar-refractivity contribution in [2.24, 2.45) is 0 Å². The Morgan fingerprint density at radius 1 is 1.00 bits per heavy atom. The van der Waals surface area contributed by atoms with E-state index in [1.165, 1.54) is 5.56 Å². The largest absolute Gasteiger partial charge is 0.867 e. The first-order valence-corrected chi connectivity index (χ1v) is 10.3. The van der Waals surface area contributed by atoms with Gasteiger partial charge in [-0.25, -0.2) is 0 Å². The van der Waals surface area contributed by atoms with Gasteiger partial charge in [0.05, 0.1) is 0 Å². The van der Waals surface area contributed by atoms with E-state index in [0.717, 1.165) is 16.9 Å². The van der Waals surface area contributed by atoms with Gasteiger partial charge in [-0.1, -0.05) is 48.1 Å². The number of nitrogens with one attached hydrogen (secondary N) is 1. The van der Waals surface area contributed by atoms with Gasteiger partial charge >= 0.3 is 0 Å². The number of anilines is 2. The van der Waals surface area contributed by atoms with E-state index in [0.29, 0.717) is 21.3 Å². The maximum absolute atomic E-state index is 13.5. The second-order valence-electron chi connectivity index (χ2n) is 7.27. The van der Waals surface area contributed by atoms with Crippen molar-refractivity contribution in [3.63, 3.8) is 0 Å². The maximum Gasteiger partial charge on any atom is 0.238 e. The highest BCUT2D eigenvalue weighted by molar-refractivity contribution is 7.81. The first-order chi connectivity index (χ1) is 14.3. The van der Waals surface area contributed by atoms with Crippen molar-refractivity contribution in [1.29, 1.82) is 0 Å². The van der Waals surface area contributed by atoms with Crippen LogP contribution < -0.4 is 19.9 Å². The van der Waals surface area contributed by atoms with Crippen molar-refractivity contribution >= 4 is 51.6 Å². The van der Waals surface area contributed by atoms with E-state index >= 15 is 0 Å². The van der Waals surface area contributed by atoms with Crippen molar-refractivity contribution in [3.05, 3.63) is 88.7 Å². The number of halogens is 1. The molecule has 0 aliphatic rings. The molecule has 0 unspecified atom stereocenters. The van der Waals surface area contributed by atoms with Crippen LogP contribution in [0.1, 0.15) is 16.7 Å². The smallest absolute Gasteiger partial charge is 0.238 e. The van der Waals surface area contributed by atoms with Crippen LogP contribution in [0.15, 0.2) is 67.0 Å². The summed E-state index contributed by atoms with van der Waals surface area (Å²) in [6, 6.07) is 16.8. The number of benzene rings is 2. The third-order valence-electron chi connectivity index (χ3n) is 4.90. The summed E-state index contributed by atoms with van der Waals surface area (Å²) < 4.78 is 1.73. The summed E-state index contributed by atoms with van der Waals surface area (Å²) in [7, 11) is 3.93. The molecule has 0 bridgehead atoms. The predicted octanol–water partition coefficient (Wildman–Crippen LogP) is 4.44. The quantitative estimate of drug-likeness (QED) is 0.277. The molecule has 3 aromatic rings. The van der Waals surface area contributed by atoms with E-state index < -0.39 is 0 Å². The molecule has 0 saturated carbocycles. The summed E-state index contributed by atoms with van der Waals surface area (Å²) in [5.74, 6) is -0.246. The predicted molar refractivity (Wildman–Crippen MR) is 128 cm³/mol. The van der Waals surface area contributed by atoms with Gasteiger partial charge in [-0.15, -0.1) is 0 Å². The minimum absolute atomic E-state index is 0.246. The van der Waals surface area contributed by atoms with Crippen LogP contribution in [0.5, 0.6) is 0 Å². The number of aryl methyl sites for hydroxylation is 2. The zero-order valence-electron chi connectivity index (χ0n) is 17.4. The SMILES string of the molecule is Cc1ccc(NC(=S)/C(=C(\[O-])c2ccccc2Cl)[n+]2ccc(N(C)C)cc2)cc1C. The third-order valence-corrected chi connectivity index (χ3v) is 5.52. The van der Waals surface area contributed by atoms with Gasteiger partial charge < -0.3 is 15.3 Å². The molecule has 1 heterocycles. The first kappa shape index (κ1) is 21.8. The minimum Gasteiger partial charge on any atom is -0.867 e. The van der Waals surface area contributed by atoms with Crippen molar-refractivity contribution in [2.45, 2.75) is 13.8 Å². The van der Waals surface area contributed by atoms with Crippen LogP contribution in [0.25, 0.3) is 11.5 Å². The Hall–Kier alpha value is -2.89. The highest BCUT2D eigenvalue weighted by atomic mass is 35.5. The zero-order valence-corrected chi connectivity index (χ0v) is 19.0. The second-order valence-corrected chi connectivity index (χ2v) is 8.08. The van der Waals surface area contributed by atoms with E-state index in [9.17, 15) is 5.11 Å². The Kier molecular flexibility index (Phi) is 6.75. The molecule has 0 atom stereocenters. The average Bonchev–Trinajstić information content (AvgIpc) is 2.71. The molecule has 1 N–H and O–H groups in total. The number of rotatable bonds is 5. The van der Waals surface area contributed by atoms with Crippen molar-refractivity contribution in [2.75, 3.05) is 24.3 Å². The summed E-state index contributed by atoms with van der Waals surface area (Å²) in [5.41, 5.74) is 4.92. The molecular weight excluding hydrogens is 414 g/mol. The molecule has 0 radical (unpaired) electrons. The van der Waals surface area contributed by atoms with Gasteiger partial charge in [0, 0.05) is 42.6 Å². The van der Waals surface area contributed by atoms with E-state index in [4.69, 9.17) is 23.8 Å². The topological polar surface area (TPSA) is 42.2 Å². The van der Waals surface area contributed by atoms with Gasteiger partial charge in [0.15, 0.2) is 17.4 Å². The van der Waals surface area contributed by atoms with Crippen LogP contribution in [0.3, 0.4) is 0 Å². The average molecular weight is 438 g/mol. The molecule has 0 spiro atoms. The number of nitrogens with zero attached hydrogens (tertiary/aromatic N) is 2. The van der Waals surface area contributed by atoms with Gasteiger partial charge in [-0.2, -0.15) is 4.57 Å². The molecule has 0 saturated heterocycles. The Morgan fingerprint density at radius 3 is 2.27 bits per heavy atom. The summed E-state index contributed by atoms with van der Waals surface area (Å²) in [5, 5.41) is 17.1. The second kappa shape index (κ2) is 9.28. The van der Waals surface area contributed by atoms with Crippen LogP contribution in [-0.4, -0.2) is 19.1 Å². The fraction of sp³-hybridized carbons (Fsp3) is 0.167. The number of hydrogen-bond acceptors (Lipinski definition) is 3. The number of aromatic nitrogens is 1. The number of hydrogen-bond donors (Lipinski definition) is 1. The van der Waals surface area contributed by atoms with E-state index in [2.05, 4.69) is 12.2 Å². The van der Waals surface area contributed by atoms with E-state index in [1.807, 2.05) is 68.6 Å². The number of thiocarbonyl (C=S) groups is 1. The molecule has 1 aromatic heterocycles. The van der Waals surface area contributed by atoms with E-state index in [-0.39, 0.29) is 5.76 Å². The zero-order chi connectivity index (χ0) is 21.8. The molecule has 0 amide bonds. The summed E-state index contributed by atoms with van der Waals surface area (Å²) in [6.07, 6.45) is 3.65. The van der Waals surface area contributed by atoms with Crippen molar-refractivity contribution in [1.82, 2.24) is 0 Å².